The van der Waals surface area contributed by atoms with E-state index in [1.807, 2.05) is 43.4 Å². The lowest BCUT2D eigenvalue weighted by Gasteiger charge is -2.29. The molecule has 0 aromatic heterocycles. The number of likely N-dealkylation sites (N-methyl/N-ethyl adjacent to an activating group) is 1. The largest absolute Gasteiger partial charge is 0.329 e. The van der Waals surface area contributed by atoms with Gasteiger partial charge in [0.2, 0.25) is 0 Å². The van der Waals surface area contributed by atoms with Gasteiger partial charge >= 0.3 is 0 Å². The lowest BCUT2D eigenvalue weighted by atomic mass is 10.0. The number of benzene rings is 2. The molecule has 2 aromatic rings. The van der Waals surface area contributed by atoms with Crippen molar-refractivity contribution < 1.29 is 0 Å². The summed E-state index contributed by atoms with van der Waals surface area (Å²) in [5.74, 6) is 0. The van der Waals surface area contributed by atoms with Crippen molar-refractivity contribution in [3.05, 3.63) is 68.1 Å². The van der Waals surface area contributed by atoms with Gasteiger partial charge in [-0.1, -0.05) is 63.4 Å². The van der Waals surface area contributed by atoms with E-state index in [0.29, 0.717) is 16.6 Å². The predicted molar refractivity (Wildman–Crippen MR) is 93.9 cm³/mol. The van der Waals surface area contributed by atoms with Gasteiger partial charge in [-0.2, -0.15) is 0 Å². The Balaban J connectivity index is 2.27. The number of hydrogen-bond donors (Lipinski definition) is 1. The molecule has 0 aliphatic rings. The molecule has 0 fully saturated rings. The van der Waals surface area contributed by atoms with Crippen molar-refractivity contribution >= 4 is 39.1 Å². The van der Waals surface area contributed by atoms with Crippen LogP contribution in [-0.2, 0) is 6.54 Å². The Morgan fingerprint density at radius 2 is 1.71 bits per heavy atom. The summed E-state index contributed by atoms with van der Waals surface area (Å²) in [6.45, 7) is 1.20. The maximum Gasteiger partial charge on any atom is 0.0500 e. The zero-order valence-corrected chi connectivity index (χ0v) is 14.8. The summed E-state index contributed by atoms with van der Waals surface area (Å²) in [7, 11) is 2.02. The van der Waals surface area contributed by atoms with Crippen LogP contribution >= 0.6 is 39.1 Å². The Labute approximate surface area is 144 Å². The normalized spacial score (nSPS) is 12.7. The average molecular weight is 388 g/mol. The van der Waals surface area contributed by atoms with E-state index in [9.17, 15) is 0 Å². The van der Waals surface area contributed by atoms with Crippen LogP contribution in [0.25, 0.3) is 0 Å². The highest BCUT2D eigenvalue weighted by Crippen LogP contribution is 2.33. The van der Waals surface area contributed by atoms with E-state index < -0.39 is 0 Å². The molecule has 21 heavy (non-hydrogen) atoms. The Morgan fingerprint density at radius 3 is 2.29 bits per heavy atom. The van der Waals surface area contributed by atoms with E-state index >= 15 is 0 Å². The fourth-order valence-electron chi connectivity index (χ4n) is 2.35. The van der Waals surface area contributed by atoms with Crippen LogP contribution in [0.5, 0.6) is 0 Å². The highest BCUT2D eigenvalue weighted by atomic mass is 79.9. The molecule has 2 N–H and O–H groups in total. The Kier molecular flexibility index (Phi) is 6.08. The number of hydrogen-bond acceptors (Lipinski definition) is 2. The van der Waals surface area contributed by atoms with E-state index in [-0.39, 0.29) is 6.04 Å². The average Bonchev–Trinajstić information content (AvgIpc) is 2.45. The molecule has 0 saturated heterocycles. The molecule has 2 rings (SSSR count). The van der Waals surface area contributed by atoms with Crippen LogP contribution in [0.15, 0.2) is 46.9 Å². The van der Waals surface area contributed by atoms with Crippen LogP contribution in [0.2, 0.25) is 10.0 Å². The third-order valence-electron chi connectivity index (χ3n) is 3.47. The summed E-state index contributed by atoms with van der Waals surface area (Å²) in [5.41, 5.74) is 8.05. The van der Waals surface area contributed by atoms with E-state index in [2.05, 4.69) is 26.9 Å². The standard InChI is InChI=1S/C16H17BrCl2N2/c1-21(10-11-5-2-3-6-12(11)17)15(9-20)16-13(18)7-4-8-14(16)19/h2-8,15H,9-10,20H2,1H3. The summed E-state index contributed by atoms with van der Waals surface area (Å²) in [4.78, 5) is 2.16. The fourth-order valence-corrected chi connectivity index (χ4v) is 3.41. The first-order valence-electron chi connectivity index (χ1n) is 6.62. The van der Waals surface area contributed by atoms with Gasteiger partial charge in [0.05, 0.1) is 6.04 Å². The Bertz CT molecular complexity index is 599. The van der Waals surface area contributed by atoms with Crippen molar-refractivity contribution in [2.24, 2.45) is 5.73 Å². The molecule has 112 valence electrons. The lowest BCUT2D eigenvalue weighted by Crippen LogP contribution is -2.30. The van der Waals surface area contributed by atoms with E-state index in [0.717, 1.165) is 16.6 Å². The molecule has 0 saturated carbocycles. The minimum atomic E-state index is -0.0293. The number of halogens is 3. The minimum Gasteiger partial charge on any atom is -0.329 e. The minimum absolute atomic E-state index is 0.0293. The molecule has 0 radical (unpaired) electrons. The summed E-state index contributed by atoms with van der Waals surface area (Å²) in [6.07, 6.45) is 0. The molecule has 1 atom stereocenters. The summed E-state index contributed by atoms with van der Waals surface area (Å²) in [5, 5.41) is 1.30. The molecule has 2 nitrogen and oxygen atoms in total. The lowest BCUT2D eigenvalue weighted by molar-refractivity contribution is 0.241. The zero-order chi connectivity index (χ0) is 15.4. The highest BCUT2D eigenvalue weighted by molar-refractivity contribution is 9.10. The molecular formula is C16H17BrCl2N2. The monoisotopic (exact) mass is 386 g/mol. The Morgan fingerprint density at radius 1 is 1.10 bits per heavy atom. The molecule has 1 unspecified atom stereocenters. The van der Waals surface area contributed by atoms with Crippen molar-refractivity contribution in [1.82, 2.24) is 4.90 Å². The molecule has 0 aliphatic carbocycles. The van der Waals surface area contributed by atoms with Gasteiger partial charge in [-0.3, -0.25) is 4.90 Å². The third kappa shape index (κ3) is 3.99. The van der Waals surface area contributed by atoms with Crippen LogP contribution in [0.1, 0.15) is 17.2 Å². The van der Waals surface area contributed by atoms with Crippen molar-refractivity contribution in [2.75, 3.05) is 13.6 Å². The van der Waals surface area contributed by atoms with Gasteiger partial charge in [0.25, 0.3) is 0 Å². The van der Waals surface area contributed by atoms with E-state index in [1.165, 1.54) is 5.56 Å². The van der Waals surface area contributed by atoms with Crippen LogP contribution in [0.3, 0.4) is 0 Å². The van der Waals surface area contributed by atoms with Crippen LogP contribution < -0.4 is 5.73 Å². The second kappa shape index (κ2) is 7.61. The third-order valence-corrected chi connectivity index (χ3v) is 4.90. The van der Waals surface area contributed by atoms with Crippen LogP contribution in [-0.4, -0.2) is 18.5 Å². The van der Waals surface area contributed by atoms with Crippen molar-refractivity contribution in [1.29, 1.82) is 0 Å². The summed E-state index contributed by atoms with van der Waals surface area (Å²) >= 11 is 16.2. The van der Waals surface area contributed by atoms with Gasteiger partial charge in [-0.15, -0.1) is 0 Å². The second-order valence-corrected chi connectivity index (χ2v) is 6.56. The van der Waals surface area contributed by atoms with Crippen molar-refractivity contribution in [3.63, 3.8) is 0 Å². The predicted octanol–water partition coefficient (Wildman–Crippen LogP) is 4.89. The quantitative estimate of drug-likeness (QED) is 0.791. The molecular weight excluding hydrogens is 371 g/mol. The van der Waals surface area contributed by atoms with Crippen LogP contribution in [0.4, 0.5) is 0 Å². The van der Waals surface area contributed by atoms with E-state index in [4.69, 9.17) is 28.9 Å². The van der Waals surface area contributed by atoms with Crippen molar-refractivity contribution in [2.45, 2.75) is 12.6 Å². The first-order chi connectivity index (χ1) is 10.0. The van der Waals surface area contributed by atoms with Gasteiger partial charge in [-0.25, -0.2) is 0 Å². The topological polar surface area (TPSA) is 29.3 Å². The van der Waals surface area contributed by atoms with Gasteiger partial charge in [0.15, 0.2) is 0 Å². The smallest absolute Gasteiger partial charge is 0.0500 e. The highest BCUT2D eigenvalue weighted by Gasteiger charge is 2.21. The number of nitrogens with two attached hydrogens (primary N) is 1. The second-order valence-electron chi connectivity index (χ2n) is 4.89. The zero-order valence-electron chi connectivity index (χ0n) is 11.7. The number of nitrogens with zero attached hydrogens (tertiary/aromatic N) is 1. The number of rotatable bonds is 5. The first kappa shape index (κ1) is 16.8. The van der Waals surface area contributed by atoms with Gasteiger partial charge in [0.1, 0.15) is 0 Å². The fraction of sp³-hybridized carbons (Fsp3) is 0.250. The molecule has 2 aromatic carbocycles. The maximum atomic E-state index is 6.31. The van der Waals surface area contributed by atoms with Crippen LogP contribution in [0, 0.1) is 0 Å². The molecule has 5 heteroatoms. The maximum absolute atomic E-state index is 6.31. The van der Waals surface area contributed by atoms with Gasteiger partial charge in [0, 0.05) is 33.2 Å². The summed E-state index contributed by atoms with van der Waals surface area (Å²) in [6, 6.07) is 13.6. The van der Waals surface area contributed by atoms with E-state index in [1.54, 1.807) is 0 Å². The SMILES string of the molecule is CN(Cc1ccccc1Br)C(CN)c1c(Cl)cccc1Cl. The van der Waals surface area contributed by atoms with Gasteiger partial charge in [-0.05, 0) is 30.8 Å². The molecule has 0 aliphatic heterocycles. The molecule has 0 spiro atoms. The summed E-state index contributed by atoms with van der Waals surface area (Å²) < 4.78 is 1.08. The first-order valence-corrected chi connectivity index (χ1v) is 8.17. The Hall–Kier alpha value is -0.580. The molecule has 0 bridgehead atoms. The van der Waals surface area contributed by atoms with Crippen molar-refractivity contribution in [3.8, 4) is 0 Å². The molecule has 0 heterocycles. The van der Waals surface area contributed by atoms with Gasteiger partial charge < -0.3 is 5.73 Å². The molecule has 0 amide bonds.